The first kappa shape index (κ1) is 17.2. The van der Waals surface area contributed by atoms with Gasteiger partial charge >= 0.3 is 6.03 Å². The number of hydrogen-bond acceptors (Lipinski definition) is 3. The van der Waals surface area contributed by atoms with Crippen molar-refractivity contribution in [3.8, 4) is 0 Å². The molecule has 1 aliphatic carbocycles. The zero-order valence-corrected chi connectivity index (χ0v) is 15.5. The summed E-state index contributed by atoms with van der Waals surface area (Å²) < 4.78 is 0. The van der Waals surface area contributed by atoms with Crippen molar-refractivity contribution in [3.05, 3.63) is 0 Å². The number of fused-ring (bicyclic) bond motifs is 2. The van der Waals surface area contributed by atoms with E-state index in [-0.39, 0.29) is 23.9 Å². The molecule has 1 saturated carbocycles. The van der Waals surface area contributed by atoms with Crippen molar-refractivity contribution >= 4 is 17.8 Å². The Labute approximate surface area is 144 Å². The van der Waals surface area contributed by atoms with Gasteiger partial charge in [0.15, 0.2) is 0 Å². The second-order valence-electron chi connectivity index (χ2n) is 8.31. The Kier molecular flexibility index (Phi) is 4.34. The van der Waals surface area contributed by atoms with Crippen LogP contribution in [0.3, 0.4) is 0 Å². The average molecular weight is 334 g/mol. The summed E-state index contributed by atoms with van der Waals surface area (Å²) in [6.45, 7) is 12.2. The lowest BCUT2D eigenvalue weighted by Crippen LogP contribution is -2.48. The Morgan fingerprint density at radius 3 is 2.67 bits per heavy atom. The molecule has 134 valence electrons. The molecule has 2 aliphatic heterocycles. The van der Waals surface area contributed by atoms with Crippen LogP contribution in [0.5, 0.6) is 0 Å². The minimum absolute atomic E-state index is 0.0141. The van der Waals surface area contributed by atoms with Gasteiger partial charge in [-0.05, 0) is 45.4 Å². The Morgan fingerprint density at radius 2 is 2.04 bits per heavy atom. The number of hydrogen-bond donors (Lipinski definition) is 1. The summed E-state index contributed by atoms with van der Waals surface area (Å²) in [7, 11) is 0. The minimum atomic E-state index is -0.615. The molecule has 24 heavy (non-hydrogen) atoms. The van der Waals surface area contributed by atoms with Gasteiger partial charge < -0.3 is 10.2 Å². The summed E-state index contributed by atoms with van der Waals surface area (Å²) in [5, 5.41) is 2.96. The number of carbonyl (C=O) groups is 2. The molecule has 3 rings (SSSR count). The highest BCUT2D eigenvalue weighted by molar-refractivity contribution is 6.07. The van der Waals surface area contributed by atoms with Crippen molar-refractivity contribution in [1.82, 2.24) is 15.1 Å². The lowest BCUT2D eigenvalue weighted by Gasteiger charge is -2.29. The van der Waals surface area contributed by atoms with Gasteiger partial charge in [0.05, 0.1) is 0 Å². The van der Waals surface area contributed by atoms with Crippen LogP contribution < -0.4 is 5.32 Å². The van der Waals surface area contributed by atoms with E-state index in [0.717, 1.165) is 31.8 Å². The number of rotatable bonds is 3. The highest BCUT2D eigenvalue weighted by Crippen LogP contribution is 2.50. The molecule has 2 fully saturated rings. The maximum Gasteiger partial charge on any atom is 0.317 e. The fraction of sp³-hybridized carbons (Fsp3) is 0.833. The van der Waals surface area contributed by atoms with Gasteiger partial charge in [0.1, 0.15) is 11.4 Å². The van der Waals surface area contributed by atoms with E-state index in [1.807, 2.05) is 30.6 Å². The molecule has 0 bridgehead atoms. The van der Waals surface area contributed by atoms with Crippen molar-refractivity contribution in [2.24, 2.45) is 22.7 Å². The van der Waals surface area contributed by atoms with Crippen LogP contribution in [0.4, 0.5) is 4.79 Å². The third kappa shape index (κ3) is 2.70. The molecule has 0 aromatic rings. The quantitative estimate of drug-likeness (QED) is 0.859. The first-order valence-electron chi connectivity index (χ1n) is 9.18. The number of nitrogens with one attached hydrogen (secondary N) is 1. The molecular formula is C18H30N4O2. The molecule has 6 nitrogen and oxygen atoms in total. The van der Waals surface area contributed by atoms with E-state index in [1.54, 1.807) is 0 Å². The molecule has 6 heteroatoms. The second-order valence-corrected chi connectivity index (χ2v) is 8.31. The van der Waals surface area contributed by atoms with Gasteiger partial charge in [0.2, 0.25) is 0 Å². The van der Waals surface area contributed by atoms with E-state index in [9.17, 15) is 9.59 Å². The topological polar surface area (TPSA) is 65.0 Å². The Hall–Kier alpha value is -1.59. The van der Waals surface area contributed by atoms with E-state index >= 15 is 0 Å². The fourth-order valence-corrected chi connectivity index (χ4v) is 4.56. The van der Waals surface area contributed by atoms with Gasteiger partial charge in [-0.25, -0.2) is 4.79 Å². The predicted octanol–water partition coefficient (Wildman–Crippen LogP) is 2.10. The van der Waals surface area contributed by atoms with Crippen LogP contribution in [0.2, 0.25) is 0 Å². The monoisotopic (exact) mass is 334 g/mol. The number of carbonyl (C=O) groups excluding carboxylic acids is 2. The van der Waals surface area contributed by atoms with Gasteiger partial charge in [0, 0.05) is 31.6 Å². The Balaban J connectivity index is 1.77. The lowest BCUT2D eigenvalue weighted by molar-refractivity contribution is -0.132. The maximum atomic E-state index is 13.2. The third-order valence-corrected chi connectivity index (χ3v) is 5.57. The molecule has 1 saturated heterocycles. The van der Waals surface area contributed by atoms with Crippen molar-refractivity contribution in [2.75, 3.05) is 19.6 Å². The molecule has 1 N–H and O–H groups in total. The normalized spacial score (nSPS) is 32.3. The standard InChI is InChI=1S/C18H30N4O2/c1-11(2)8-22-13(5)20-18(16(22)23)7-6-14-9-21(10-15(14)18)17(24)19-12(3)4/h11-12,14-15H,6-10H2,1-5H3,(H,19,24)/t14-,15+,18-/m1/s1. The number of amidine groups is 1. The lowest BCUT2D eigenvalue weighted by atomic mass is 9.85. The van der Waals surface area contributed by atoms with Crippen molar-refractivity contribution in [2.45, 2.75) is 59.0 Å². The molecule has 2 heterocycles. The maximum absolute atomic E-state index is 13.2. The molecule has 3 atom stereocenters. The Bertz CT molecular complexity index is 571. The molecule has 0 aromatic heterocycles. The largest absolute Gasteiger partial charge is 0.336 e. The van der Waals surface area contributed by atoms with Crippen LogP contribution in [0.1, 0.15) is 47.5 Å². The van der Waals surface area contributed by atoms with Gasteiger partial charge in [-0.15, -0.1) is 0 Å². The molecule has 3 amide bonds. The number of nitrogens with zero attached hydrogens (tertiary/aromatic N) is 3. The zero-order valence-electron chi connectivity index (χ0n) is 15.5. The first-order valence-corrected chi connectivity index (χ1v) is 9.18. The molecule has 1 spiro atoms. The van der Waals surface area contributed by atoms with Crippen molar-refractivity contribution in [3.63, 3.8) is 0 Å². The molecule has 3 aliphatic rings. The summed E-state index contributed by atoms with van der Waals surface area (Å²) in [6.07, 6.45) is 1.81. The van der Waals surface area contributed by atoms with Gasteiger partial charge in [0.25, 0.3) is 5.91 Å². The van der Waals surface area contributed by atoms with E-state index in [4.69, 9.17) is 4.99 Å². The van der Waals surface area contributed by atoms with Crippen molar-refractivity contribution < 1.29 is 9.59 Å². The van der Waals surface area contributed by atoms with Gasteiger partial charge in [-0.1, -0.05) is 13.8 Å². The van der Waals surface area contributed by atoms with Crippen LogP contribution in [-0.4, -0.2) is 58.8 Å². The summed E-state index contributed by atoms with van der Waals surface area (Å²) >= 11 is 0. The highest BCUT2D eigenvalue weighted by atomic mass is 16.2. The van der Waals surface area contributed by atoms with Crippen LogP contribution >= 0.6 is 0 Å². The molecule has 0 radical (unpaired) electrons. The molecular weight excluding hydrogens is 304 g/mol. The number of amides is 3. The summed E-state index contributed by atoms with van der Waals surface area (Å²) in [5.41, 5.74) is -0.615. The fourth-order valence-electron chi connectivity index (χ4n) is 4.56. The molecule has 0 unspecified atom stereocenters. The van der Waals surface area contributed by atoms with Gasteiger partial charge in [-0.3, -0.25) is 14.7 Å². The van der Waals surface area contributed by atoms with Crippen LogP contribution in [-0.2, 0) is 4.79 Å². The zero-order chi connectivity index (χ0) is 17.6. The number of likely N-dealkylation sites (tertiary alicyclic amines) is 1. The van der Waals surface area contributed by atoms with Crippen LogP contribution in [0.15, 0.2) is 4.99 Å². The third-order valence-electron chi connectivity index (χ3n) is 5.57. The van der Waals surface area contributed by atoms with E-state index in [1.165, 1.54) is 0 Å². The SMILES string of the molecule is CC1=N[C@@]2(CC[C@@H]3CN(C(=O)NC(C)C)C[C@@H]32)C(=O)N1CC(C)C. The molecule has 0 aromatic carbocycles. The van der Waals surface area contributed by atoms with Crippen molar-refractivity contribution in [1.29, 1.82) is 0 Å². The van der Waals surface area contributed by atoms with Crippen LogP contribution in [0, 0.1) is 17.8 Å². The number of aliphatic imine (C=N–C) groups is 1. The summed E-state index contributed by atoms with van der Waals surface area (Å²) in [4.78, 5) is 34.1. The summed E-state index contributed by atoms with van der Waals surface area (Å²) in [5.74, 6) is 1.98. The Morgan fingerprint density at radius 1 is 1.33 bits per heavy atom. The minimum Gasteiger partial charge on any atom is -0.336 e. The summed E-state index contributed by atoms with van der Waals surface area (Å²) in [6, 6.07) is 0.113. The average Bonchev–Trinajstić information content (AvgIpc) is 3.09. The van der Waals surface area contributed by atoms with E-state index in [2.05, 4.69) is 19.2 Å². The predicted molar refractivity (Wildman–Crippen MR) is 93.8 cm³/mol. The van der Waals surface area contributed by atoms with Crippen LogP contribution in [0.25, 0.3) is 0 Å². The van der Waals surface area contributed by atoms with E-state index in [0.29, 0.717) is 18.4 Å². The van der Waals surface area contributed by atoms with Gasteiger partial charge in [-0.2, -0.15) is 0 Å². The highest BCUT2D eigenvalue weighted by Gasteiger charge is 2.61. The van der Waals surface area contributed by atoms with E-state index < -0.39 is 5.54 Å². The number of urea groups is 1. The second kappa shape index (κ2) is 6.05. The first-order chi connectivity index (χ1) is 11.2. The smallest absolute Gasteiger partial charge is 0.317 e.